The number of rotatable bonds is 34. The number of primary amides is 1. The summed E-state index contributed by atoms with van der Waals surface area (Å²) in [7, 11) is 0. The average molecular weight is 1040 g/mol. The molecule has 0 aromatic rings. The molecule has 28 heteroatoms. The smallest absolute Gasteiger partial charge is 0.264 e. The number of nitrogens with two attached hydrogens (primary N) is 5. The second-order valence-corrected chi connectivity index (χ2v) is 18.2. The fourth-order valence-corrected chi connectivity index (χ4v) is 7.27. The predicted molar refractivity (Wildman–Crippen MR) is 269 cm³/mol. The van der Waals surface area contributed by atoms with Crippen LogP contribution in [0.3, 0.4) is 0 Å². The summed E-state index contributed by atoms with van der Waals surface area (Å²) >= 11 is 4.03. The van der Waals surface area contributed by atoms with E-state index < -0.39 is 120 Å². The van der Waals surface area contributed by atoms with Crippen molar-refractivity contribution in [2.75, 3.05) is 51.6 Å². The maximum atomic E-state index is 13.6. The molecule has 1 saturated heterocycles. The highest BCUT2D eigenvalue weighted by molar-refractivity contribution is 7.80. The number of nitrogens with one attached hydrogen (secondary N) is 9. The van der Waals surface area contributed by atoms with E-state index >= 15 is 0 Å². The van der Waals surface area contributed by atoms with Gasteiger partial charge in [-0.3, -0.25) is 57.7 Å². The van der Waals surface area contributed by atoms with Gasteiger partial charge in [0.2, 0.25) is 59.1 Å². The third-order valence-electron chi connectivity index (χ3n) is 10.9. The highest BCUT2D eigenvalue weighted by Crippen LogP contribution is 2.18. The van der Waals surface area contributed by atoms with E-state index in [9.17, 15) is 52.7 Å². The fourth-order valence-electron chi connectivity index (χ4n) is 7.02. The first-order chi connectivity index (χ1) is 33.9. The first-order valence-electron chi connectivity index (χ1n) is 23.9. The van der Waals surface area contributed by atoms with Crippen LogP contribution in [0.5, 0.6) is 0 Å². The Bertz CT molecular complexity index is 1930. The lowest BCUT2D eigenvalue weighted by Crippen LogP contribution is -2.58. The number of hydrogen-bond donors (Lipinski definition) is 15. The molecule has 0 aliphatic carbocycles. The van der Waals surface area contributed by atoms with E-state index in [1.54, 1.807) is 13.8 Å². The van der Waals surface area contributed by atoms with Crippen LogP contribution >= 0.6 is 12.6 Å². The molecule has 1 aliphatic heterocycles. The Kier molecular flexibility index (Phi) is 29.9. The second-order valence-electron chi connectivity index (χ2n) is 17.9. The van der Waals surface area contributed by atoms with Gasteiger partial charge < -0.3 is 81.4 Å². The number of nitrogens with zero attached hydrogens (tertiary/aromatic N) is 2. The van der Waals surface area contributed by atoms with Crippen LogP contribution in [0.25, 0.3) is 0 Å². The third-order valence-corrected chi connectivity index (χ3v) is 11.3. The van der Waals surface area contributed by atoms with E-state index in [0.29, 0.717) is 32.2 Å². The van der Waals surface area contributed by atoms with E-state index in [1.807, 2.05) is 13.8 Å². The van der Waals surface area contributed by atoms with Gasteiger partial charge in [0.05, 0.1) is 31.4 Å². The molecular weight excluding hydrogens is 961 g/mol. The van der Waals surface area contributed by atoms with Crippen LogP contribution in [-0.2, 0) is 52.7 Å². The van der Waals surface area contributed by atoms with Gasteiger partial charge in [-0.15, -0.1) is 0 Å². The van der Waals surface area contributed by atoms with E-state index in [1.165, 1.54) is 4.90 Å². The van der Waals surface area contributed by atoms with E-state index in [4.69, 9.17) is 28.7 Å². The number of aliphatic imine (C=N–C) groups is 1. The van der Waals surface area contributed by atoms with Gasteiger partial charge in [0.1, 0.15) is 30.2 Å². The number of guanidine groups is 1. The minimum Gasteiger partial charge on any atom is -0.370 e. The van der Waals surface area contributed by atoms with Crippen LogP contribution in [0.15, 0.2) is 17.3 Å². The number of likely N-dealkylation sites (tertiary alicyclic amines) is 1. The van der Waals surface area contributed by atoms with Crippen LogP contribution in [0.2, 0.25) is 0 Å². The highest BCUT2D eigenvalue weighted by Gasteiger charge is 2.36. The monoisotopic (exact) mass is 1040 g/mol. The van der Waals surface area contributed by atoms with Gasteiger partial charge in [-0.2, -0.15) is 12.6 Å². The number of unbranched alkanes of at least 4 members (excludes halogenated alkanes) is 1. The summed E-state index contributed by atoms with van der Waals surface area (Å²) < 4.78 is 0. The largest absolute Gasteiger partial charge is 0.370 e. The average Bonchev–Trinajstić information content (AvgIpc) is 3.82. The van der Waals surface area contributed by atoms with E-state index in [0.717, 1.165) is 12.8 Å². The Balaban J connectivity index is 2.88. The SMILES string of the molecule is C=C(NC(=O)[C@H](CS)NC(=O)CNC(=O)[C@H](CCCN=C(N)N)NC(=O)[C@@H](NC(=O)CNC(=O)[C@H](CC(C)C)NC(=O)[C@@H]1CCCN1C(=O)CNC(=O)CCCNC(=O)[C@@H](N)CCCCN)C(C)C)C(N)=O. The molecule has 406 valence electrons. The van der Waals surface area contributed by atoms with Crippen molar-refractivity contribution in [2.45, 2.75) is 128 Å². The van der Waals surface area contributed by atoms with Gasteiger partial charge in [0, 0.05) is 31.8 Å². The van der Waals surface area contributed by atoms with Crippen LogP contribution in [-0.4, -0.2) is 164 Å². The molecule has 19 N–H and O–H groups in total. The van der Waals surface area contributed by atoms with Gasteiger partial charge >= 0.3 is 0 Å². The zero-order chi connectivity index (χ0) is 54.5. The van der Waals surface area contributed by atoms with Crippen molar-refractivity contribution in [1.29, 1.82) is 0 Å². The maximum absolute atomic E-state index is 13.6. The van der Waals surface area contributed by atoms with Crippen LogP contribution < -0.4 is 76.5 Å². The van der Waals surface area contributed by atoms with Crippen molar-refractivity contribution in [2.24, 2.45) is 45.5 Å². The van der Waals surface area contributed by atoms with Crippen molar-refractivity contribution >= 4 is 83.6 Å². The lowest BCUT2D eigenvalue weighted by atomic mass is 10.0. The van der Waals surface area contributed by atoms with Crippen LogP contribution in [0, 0.1) is 11.8 Å². The normalized spacial score (nSPS) is 15.1. The molecule has 6 atom stereocenters. The molecule has 11 amide bonds. The van der Waals surface area contributed by atoms with Crippen molar-refractivity contribution in [3.63, 3.8) is 0 Å². The summed E-state index contributed by atoms with van der Waals surface area (Å²) in [6, 6.07) is -6.46. The standard InChI is InChI=1S/C44H78N16O11S/c1-24(2)19-29(58-42(70)31-13-10-18-60(31)35(64)22-52-32(61)14-9-16-50-38(66)27(46)11-6-7-15-45)40(68)54-21-34(63)59-36(25(3)4)43(71)57-28(12-8-17-51-44(48)49)39(67)53-20-33(62)56-30(23-72)41(69)55-26(5)37(47)65/h24-25,27-31,36,72H,5-23,45-46H2,1-4H3,(H2,47,65)(H,50,66)(H,52,61)(H,53,67)(H,54,68)(H,55,69)(H,56,62)(H,57,71)(H,58,70)(H,59,63)(H4,48,49,51)/t27-,28-,29-,30-,31-,36-/m0/s1. The maximum Gasteiger partial charge on any atom is 0.264 e. The predicted octanol–water partition coefficient (Wildman–Crippen LogP) is -5.58. The fraction of sp³-hybridized carbons (Fsp3) is 0.682. The molecule has 0 saturated carbocycles. The van der Waals surface area contributed by atoms with Crippen molar-refractivity contribution in [3.8, 4) is 0 Å². The molecule has 0 radical (unpaired) electrons. The van der Waals surface area contributed by atoms with Gasteiger partial charge in [-0.25, -0.2) is 0 Å². The zero-order valence-electron chi connectivity index (χ0n) is 41.8. The lowest BCUT2D eigenvalue weighted by molar-refractivity contribution is -0.140. The Morgan fingerprint density at radius 1 is 0.694 bits per heavy atom. The first kappa shape index (κ1) is 63.5. The molecule has 1 rings (SSSR count). The molecule has 0 spiro atoms. The molecule has 1 heterocycles. The molecule has 1 fully saturated rings. The minimum absolute atomic E-state index is 0.0231. The minimum atomic E-state index is -1.27. The molecule has 72 heavy (non-hydrogen) atoms. The number of carbonyl (C=O) groups excluding carboxylic acids is 11. The Morgan fingerprint density at radius 3 is 1.92 bits per heavy atom. The summed E-state index contributed by atoms with van der Waals surface area (Å²) in [6.07, 6.45) is 3.46. The Labute approximate surface area is 425 Å². The van der Waals surface area contributed by atoms with Crippen molar-refractivity contribution < 1.29 is 52.7 Å². The molecule has 0 aromatic heterocycles. The summed E-state index contributed by atoms with van der Waals surface area (Å²) in [5.41, 5.74) is 26.8. The first-order valence-corrected chi connectivity index (χ1v) is 24.6. The summed E-state index contributed by atoms with van der Waals surface area (Å²) in [5, 5.41) is 22.5. The third kappa shape index (κ3) is 25.0. The Morgan fingerprint density at radius 2 is 1.33 bits per heavy atom. The van der Waals surface area contributed by atoms with E-state index in [-0.39, 0.29) is 75.4 Å². The van der Waals surface area contributed by atoms with Crippen LogP contribution in [0.4, 0.5) is 0 Å². The van der Waals surface area contributed by atoms with E-state index in [2.05, 4.69) is 72.1 Å². The second kappa shape index (κ2) is 33.9. The van der Waals surface area contributed by atoms with Gasteiger partial charge in [-0.05, 0) is 69.7 Å². The van der Waals surface area contributed by atoms with Gasteiger partial charge in [0.25, 0.3) is 5.91 Å². The van der Waals surface area contributed by atoms with Crippen LogP contribution in [0.1, 0.15) is 91.9 Å². The quantitative estimate of drug-likeness (QED) is 0.00940. The van der Waals surface area contributed by atoms with Gasteiger partial charge in [-0.1, -0.05) is 40.7 Å². The number of amides is 11. The number of thiol groups is 1. The van der Waals surface area contributed by atoms with Gasteiger partial charge in [0.15, 0.2) is 5.96 Å². The lowest BCUT2D eigenvalue weighted by Gasteiger charge is -2.27. The summed E-state index contributed by atoms with van der Waals surface area (Å²) in [6.45, 7) is 9.64. The molecule has 1 aliphatic rings. The highest BCUT2D eigenvalue weighted by atomic mass is 32.1. The molecule has 27 nitrogen and oxygen atoms in total. The zero-order valence-corrected chi connectivity index (χ0v) is 42.7. The topological polar surface area (TPSA) is 442 Å². The van der Waals surface area contributed by atoms with Crippen molar-refractivity contribution in [1.82, 2.24) is 52.8 Å². The number of carbonyl (C=O) groups is 11. The molecular formula is C44H78N16O11S. The summed E-state index contributed by atoms with van der Waals surface area (Å²) in [5.74, 6) is -8.62. The molecule has 0 unspecified atom stereocenters. The molecule has 0 aromatic carbocycles. The number of hydrogen-bond acceptors (Lipinski definition) is 15. The molecule has 0 bridgehead atoms. The van der Waals surface area contributed by atoms with Crippen molar-refractivity contribution in [3.05, 3.63) is 12.3 Å². The Hall–Kier alpha value is -6.55. The summed E-state index contributed by atoms with van der Waals surface area (Å²) in [4.78, 5) is 147.